The standard InChI is InChI=1S/C25H38N2O7S/c1-2-33-25-20(6-12-31-14-15-32-13-11-28)21(19-7-16-35-18-19)17-22(34-25)24(30)26-8-4-10-27-9-3-5-23(27)29/h7,16-18,20-21,25,28H,2-6,8-15H2,1H3,(H,26,30)/t20-,21-,25-/m0/s1. The van der Waals surface area contributed by atoms with Crippen molar-refractivity contribution in [2.75, 3.05) is 59.3 Å². The van der Waals surface area contributed by atoms with Crippen molar-refractivity contribution >= 4 is 23.2 Å². The lowest BCUT2D eigenvalue weighted by Crippen LogP contribution is -2.39. The van der Waals surface area contributed by atoms with Crippen molar-refractivity contribution < 1.29 is 33.6 Å². The minimum absolute atomic E-state index is 0.00185. The molecule has 0 aromatic carbocycles. The molecular weight excluding hydrogens is 472 g/mol. The van der Waals surface area contributed by atoms with Gasteiger partial charge in [-0.2, -0.15) is 11.3 Å². The van der Waals surface area contributed by atoms with Crippen LogP contribution >= 0.6 is 11.3 Å². The number of hydrogen-bond acceptors (Lipinski definition) is 8. The Kier molecular flexibility index (Phi) is 12.0. The molecule has 1 fully saturated rings. The van der Waals surface area contributed by atoms with E-state index < -0.39 is 6.29 Å². The number of allylic oxidation sites excluding steroid dienone is 1. The monoisotopic (exact) mass is 510 g/mol. The summed E-state index contributed by atoms with van der Waals surface area (Å²) in [5.41, 5.74) is 1.12. The quantitative estimate of drug-likeness (QED) is 0.329. The lowest BCUT2D eigenvalue weighted by atomic mass is 9.82. The van der Waals surface area contributed by atoms with Crippen LogP contribution in [0.4, 0.5) is 0 Å². The van der Waals surface area contributed by atoms with Gasteiger partial charge in [0.25, 0.3) is 5.91 Å². The number of nitrogens with one attached hydrogen (secondary N) is 1. The number of nitrogens with zero attached hydrogens (tertiary/aromatic N) is 1. The first-order valence-electron chi connectivity index (χ1n) is 12.5. The number of ether oxygens (including phenoxy) is 4. The molecule has 1 aromatic rings. The molecule has 2 amide bonds. The summed E-state index contributed by atoms with van der Waals surface area (Å²) >= 11 is 1.62. The van der Waals surface area contributed by atoms with E-state index in [2.05, 4.69) is 16.8 Å². The molecule has 0 radical (unpaired) electrons. The molecule has 2 aliphatic heterocycles. The maximum atomic E-state index is 12.9. The molecule has 196 valence electrons. The molecule has 0 aliphatic carbocycles. The number of carbonyl (C=O) groups is 2. The Morgan fingerprint density at radius 1 is 1.29 bits per heavy atom. The van der Waals surface area contributed by atoms with E-state index >= 15 is 0 Å². The van der Waals surface area contributed by atoms with Crippen LogP contribution < -0.4 is 5.32 Å². The van der Waals surface area contributed by atoms with Gasteiger partial charge in [-0.25, -0.2) is 0 Å². The van der Waals surface area contributed by atoms with Crippen LogP contribution in [-0.2, 0) is 28.5 Å². The predicted octanol–water partition coefficient (Wildman–Crippen LogP) is 2.27. The van der Waals surface area contributed by atoms with Gasteiger partial charge in [-0.15, -0.1) is 0 Å². The van der Waals surface area contributed by atoms with Gasteiger partial charge in [0, 0.05) is 51.1 Å². The van der Waals surface area contributed by atoms with Crippen molar-refractivity contribution in [3.63, 3.8) is 0 Å². The van der Waals surface area contributed by atoms with Crippen LogP contribution in [0.1, 0.15) is 44.1 Å². The Morgan fingerprint density at radius 3 is 2.80 bits per heavy atom. The summed E-state index contributed by atoms with van der Waals surface area (Å²) in [6.45, 7) is 6.00. The van der Waals surface area contributed by atoms with Crippen LogP contribution in [0.25, 0.3) is 0 Å². The zero-order chi connectivity index (χ0) is 24.9. The molecule has 3 heterocycles. The second kappa shape index (κ2) is 15.2. The van der Waals surface area contributed by atoms with Gasteiger partial charge in [-0.3, -0.25) is 9.59 Å². The van der Waals surface area contributed by atoms with Gasteiger partial charge in [0.1, 0.15) is 0 Å². The summed E-state index contributed by atoms with van der Waals surface area (Å²) in [7, 11) is 0. The van der Waals surface area contributed by atoms with Crippen molar-refractivity contribution in [3.8, 4) is 0 Å². The molecular formula is C25H38N2O7S. The van der Waals surface area contributed by atoms with E-state index in [1.54, 1.807) is 11.3 Å². The van der Waals surface area contributed by atoms with Crippen molar-refractivity contribution in [1.29, 1.82) is 0 Å². The zero-order valence-electron chi connectivity index (χ0n) is 20.5. The highest BCUT2D eigenvalue weighted by Crippen LogP contribution is 2.39. The highest BCUT2D eigenvalue weighted by Gasteiger charge is 2.38. The number of carbonyl (C=O) groups excluding carboxylic acids is 2. The van der Waals surface area contributed by atoms with Crippen LogP contribution in [0.3, 0.4) is 0 Å². The van der Waals surface area contributed by atoms with Gasteiger partial charge in [-0.05, 0) is 54.7 Å². The van der Waals surface area contributed by atoms with E-state index in [9.17, 15) is 9.59 Å². The fraction of sp³-hybridized carbons (Fsp3) is 0.680. The lowest BCUT2D eigenvalue weighted by molar-refractivity contribution is -0.168. The first kappa shape index (κ1) is 27.6. The molecule has 1 aromatic heterocycles. The third-order valence-corrected chi connectivity index (χ3v) is 6.83. The Morgan fingerprint density at radius 2 is 2.11 bits per heavy atom. The lowest BCUT2D eigenvalue weighted by Gasteiger charge is -2.36. The van der Waals surface area contributed by atoms with Crippen molar-refractivity contribution in [2.45, 2.75) is 44.8 Å². The molecule has 0 spiro atoms. The third kappa shape index (κ3) is 8.57. The van der Waals surface area contributed by atoms with Gasteiger partial charge in [0.05, 0.1) is 26.4 Å². The van der Waals surface area contributed by atoms with Gasteiger partial charge in [0.2, 0.25) is 12.2 Å². The fourth-order valence-corrected chi connectivity index (χ4v) is 5.10. The number of likely N-dealkylation sites (tertiary alicyclic amines) is 1. The predicted molar refractivity (Wildman–Crippen MR) is 132 cm³/mol. The molecule has 35 heavy (non-hydrogen) atoms. The molecule has 2 aliphatic rings. The Bertz CT molecular complexity index is 802. The van der Waals surface area contributed by atoms with E-state index in [1.165, 1.54) is 0 Å². The Labute approximate surface area is 211 Å². The average molecular weight is 511 g/mol. The second-order valence-corrected chi connectivity index (χ2v) is 9.33. The molecule has 3 atom stereocenters. The van der Waals surface area contributed by atoms with Crippen LogP contribution in [-0.4, -0.2) is 87.4 Å². The summed E-state index contributed by atoms with van der Waals surface area (Å²) in [5, 5.41) is 15.8. The van der Waals surface area contributed by atoms with Crippen LogP contribution in [0.2, 0.25) is 0 Å². The average Bonchev–Trinajstić information content (AvgIpc) is 3.54. The Hall–Kier alpha value is -1.98. The van der Waals surface area contributed by atoms with Crippen LogP contribution in [0.5, 0.6) is 0 Å². The summed E-state index contributed by atoms with van der Waals surface area (Å²) in [4.78, 5) is 26.5. The molecule has 0 unspecified atom stereocenters. The van der Waals surface area contributed by atoms with E-state index in [0.29, 0.717) is 65.4 Å². The summed E-state index contributed by atoms with van der Waals surface area (Å²) in [6, 6.07) is 2.07. The van der Waals surface area contributed by atoms with Crippen LogP contribution in [0, 0.1) is 5.92 Å². The van der Waals surface area contributed by atoms with E-state index in [-0.39, 0.29) is 36.0 Å². The molecule has 3 rings (SSSR count). The highest BCUT2D eigenvalue weighted by molar-refractivity contribution is 7.08. The molecule has 10 heteroatoms. The highest BCUT2D eigenvalue weighted by atomic mass is 32.1. The third-order valence-electron chi connectivity index (χ3n) is 6.13. The maximum Gasteiger partial charge on any atom is 0.286 e. The van der Waals surface area contributed by atoms with Crippen molar-refractivity contribution in [3.05, 3.63) is 34.2 Å². The number of hydrogen-bond donors (Lipinski definition) is 2. The second-order valence-electron chi connectivity index (χ2n) is 8.55. The summed E-state index contributed by atoms with van der Waals surface area (Å²) in [6.07, 6.45) is 4.27. The number of aliphatic hydroxyl groups is 1. The first-order chi connectivity index (χ1) is 17.1. The minimum Gasteiger partial charge on any atom is -0.459 e. The zero-order valence-corrected chi connectivity index (χ0v) is 21.3. The number of aliphatic hydroxyl groups excluding tert-OH is 1. The summed E-state index contributed by atoms with van der Waals surface area (Å²) < 4.78 is 22.9. The van der Waals surface area contributed by atoms with Crippen molar-refractivity contribution in [2.24, 2.45) is 5.92 Å². The Balaban J connectivity index is 1.58. The van der Waals surface area contributed by atoms with Gasteiger partial charge < -0.3 is 34.3 Å². The van der Waals surface area contributed by atoms with Gasteiger partial charge in [0.15, 0.2) is 5.76 Å². The molecule has 2 N–H and O–H groups in total. The van der Waals surface area contributed by atoms with Gasteiger partial charge in [-0.1, -0.05) is 0 Å². The first-order valence-corrected chi connectivity index (χ1v) is 13.4. The molecule has 9 nitrogen and oxygen atoms in total. The minimum atomic E-state index is -0.563. The molecule has 1 saturated heterocycles. The normalized spacial score (nSPS) is 22.2. The van der Waals surface area contributed by atoms with Crippen molar-refractivity contribution in [1.82, 2.24) is 10.2 Å². The van der Waals surface area contributed by atoms with Gasteiger partial charge >= 0.3 is 0 Å². The van der Waals surface area contributed by atoms with E-state index in [4.69, 9.17) is 24.1 Å². The van der Waals surface area contributed by atoms with E-state index in [0.717, 1.165) is 18.5 Å². The number of rotatable bonds is 16. The number of amides is 2. The summed E-state index contributed by atoms with van der Waals surface area (Å²) in [5.74, 6) is 0.148. The van der Waals surface area contributed by atoms with Crippen LogP contribution in [0.15, 0.2) is 28.7 Å². The largest absolute Gasteiger partial charge is 0.459 e. The SMILES string of the molecule is CCO[C@H]1OC(C(=O)NCCCN2CCCC2=O)=C[C@@H](c2ccsc2)[C@@H]1CCOCCOCCO. The molecule has 0 saturated carbocycles. The topological polar surface area (TPSA) is 107 Å². The smallest absolute Gasteiger partial charge is 0.286 e. The number of thiophene rings is 1. The van der Waals surface area contributed by atoms with E-state index in [1.807, 2.05) is 23.3 Å². The molecule has 0 bridgehead atoms. The fourth-order valence-electron chi connectivity index (χ4n) is 4.39. The maximum absolute atomic E-state index is 12.9.